The third-order valence-electron chi connectivity index (χ3n) is 1.86. The maximum atomic E-state index is 11.8. The van der Waals surface area contributed by atoms with E-state index in [1.807, 2.05) is 0 Å². The van der Waals surface area contributed by atoms with Crippen molar-refractivity contribution in [2.24, 2.45) is 7.05 Å². The van der Waals surface area contributed by atoms with E-state index in [-0.39, 0.29) is 22.8 Å². The normalized spacial score (nSPS) is 14.0. The standard InChI is InChI=1S/C8H14ClN3O3S/c1-6(4-15-3)11-16(13,14)8-7(9)12(2)5-10-8/h5-6,11H,4H2,1-3H3. The van der Waals surface area contributed by atoms with Crippen LogP contribution >= 0.6 is 11.6 Å². The van der Waals surface area contributed by atoms with Gasteiger partial charge in [-0.2, -0.15) is 0 Å². The summed E-state index contributed by atoms with van der Waals surface area (Å²) >= 11 is 5.80. The molecule has 0 amide bonds. The van der Waals surface area contributed by atoms with Gasteiger partial charge in [0.15, 0.2) is 0 Å². The van der Waals surface area contributed by atoms with Crippen LogP contribution in [0.5, 0.6) is 0 Å². The van der Waals surface area contributed by atoms with Crippen molar-refractivity contribution in [2.75, 3.05) is 13.7 Å². The van der Waals surface area contributed by atoms with Gasteiger partial charge in [-0.05, 0) is 6.92 Å². The molecule has 0 bridgehead atoms. The minimum atomic E-state index is -3.69. The summed E-state index contributed by atoms with van der Waals surface area (Å²) in [5.41, 5.74) is 0. The average Bonchev–Trinajstić information content (AvgIpc) is 2.47. The van der Waals surface area contributed by atoms with Crippen LogP contribution in [0.3, 0.4) is 0 Å². The Kier molecular flexibility index (Phi) is 4.31. The number of hydrogen-bond acceptors (Lipinski definition) is 4. The predicted octanol–water partition coefficient (Wildman–Crippen LogP) is 0.387. The van der Waals surface area contributed by atoms with Crippen LogP contribution in [0.25, 0.3) is 0 Å². The Morgan fingerprint density at radius 1 is 1.69 bits per heavy atom. The van der Waals surface area contributed by atoms with Gasteiger partial charge in [0.25, 0.3) is 10.0 Å². The molecular weight excluding hydrogens is 254 g/mol. The molecular formula is C8H14ClN3O3S. The quantitative estimate of drug-likeness (QED) is 0.837. The second kappa shape index (κ2) is 5.13. The zero-order valence-electron chi connectivity index (χ0n) is 9.27. The summed E-state index contributed by atoms with van der Waals surface area (Å²) in [7, 11) is -0.569. The van der Waals surface area contributed by atoms with Gasteiger partial charge < -0.3 is 9.30 Å². The molecule has 1 atom stereocenters. The number of halogens is 1. The molecule has 1 aromatic rings. The highest BCUT2D eigenvalue weighted by Gasteiger charge is 2.23. The number of aromatic nitrogens is 2. The number of imidazole rings is 1. The van der Waals surface area contributed by atoms with Gasteiger partial charge >= 0.3 is 0 Å². The van der Waals surface area contributed by atoms with Gasteiger partial charge in [-0.15, -0.1) is 0 Å². The third-order valence-corrected chi connectivity index (χ3v) is 3.94. The van der Waals surface area contributed by atoms with Crippen LogP contribution in [0.2, 0.25) is 5.15 Å². The molecule has 0 fully saturated rings. The number of methoxy groups -OCH3 is 1. The molecule has 0 spiro atoms. The van der Waals surface area contributed by atoms with E-state index < -0.39 is 10.0 Å². The summed E-state index contributed by atoms with van der Waals surface area (Å²) in [6.07, 6.45) is 1.35. The molecule has 8 heteroatoms. The Balaban J connectivity index is 2.90. The lowest BCUT2D eigenvalue weighted by Gasteiger charge is -2.11. The van der Waals surface area contributed by atoms with Gasteiger partial charge in [0.1, 0.15) is 5.15 Å². The Morgan fingerprint density at radius 2 is 2.31 bits per heavy atom. The van der Waals surface area contributed by atoms with E-state index in [1.165, 1.54) is 18.0 Å². The summed E-state index contributed by atoms with van der Waals surface area (Å²) in [6, 6.07) is -0.340. The Hall–Kier alpha value is -0.630. The highest BCUT2D eigenvalue weighted by atomic mass is 35.5. The second-order valence-corrected chi connectivity index (χ2v) is 5.42. The van der Waals surface area contributed by atoms with Crippen LogP contribution in [0, 0.1) is 0 Å². The number of nitrogens with one attached hydrogen (secondary N) is 1. The zero-order valence-corrected chi connectivity index (χ0v) is 10.8. The van der Waals surface area contributed by atoms with Crippen molar-refractivity contribution in [3.8, 4) is 0 Å². The van der Waals surface area contributed by atoms with Gasteiger partial charge in [-0.3, -0.25) is 0 Å². The molecule has 1 N–H and O–H groups in total. The van der Waals surface area contributed by atoms with Crippen LogP contribution < -0.4 is 4.72 Å². The van der Waals surface area contributed by atoms with E-state index in [2.05, 4.69) is 9.71 Å². The van der Waals surface area contributed by atoms with Crippen LogP contribution in [0.1, 0.15) is 6.92 Å². The van der Waals surface area contributed by atoms with Crippen LogP contribution in [-0.2, 0) is 21.8 Å². The molecule has 6 nitrogen and oxygen atoms in total. The van der Waals surface area contributed by atoms with E-state index in [0.717, 1.165) is 0 Å². The number of hydrogen-bond donors (Lipinski definition) is 1. The number of sulfonamides is 1. The Labute approximate surface area is 99.6 Å². The molecule has 1 aromatic heterocycles. The van der Waals surface area contributed by atoms with Crippen LogP contribution in [0.4, 0.5) is 0 Å². The molecule has 1 heterocycles. The summed E-state index contributed by atoms with van der Waals surface area (Å²) in [5.74, 6) is 0. The highest BCUT2D eigenvalue weighted by molar-refractivity contribution is 7.89. The third kappa shape index (κ3) is 2.94. The van der Waals surface area contributed by atoms with Gasteiger partial charge in [-0.25, -0.2) is 18.1 Å². The van der Waals surface area contributed by atoms with E-state index in [9.17, 15) is 8.42 Å². The second-order valence-electron chi connectivity index (χ2n) is 3.43. The van der Waals surface area contributed by atoms with Crippen molar-refractivity contribution >= 4 is 21.6 Å². The van der Waals surface area contributed by atoms with Crippen LogP contribution in [-0.4, -0.2) is 37.7 Å². The molecule has 0 aromatic carbocycles. The minimum Gasteiger partial charge on any atom is -0.383 e. The van der Waals surface area contributed by atoms with Crippen molar-refractivity contribution in [1.82, 2.24) is 14.3 Å². The number of nitrogens with zero attached hydrogens (tertiary/aromatic N) is 2. The molecule has 92 valence electrons. The molecule has 0 saturated carbocycles. The smallest absolute Gasteiger partial charge is 0.261 e. The molecule has 0 radical (unpaired) electrons. The lowest BCUT2D eigenvalue weighted by Crippen LogP contribution is -2.35. The van der Waals surface area contributed by atoms with Crippen molar-refractivity contribution in [3.05, 3.63) is 11.5 Å². The molecule has 1 rings (SSSR count). The van der Waals surface area contributed by atoms with E-state index in [1.54, 1.807) is 14.0 Å². The summed E-state index contributed by atoms with van der Waals surface area (Å²) in [4.78, 5) is 3.74. The average molecular weight is 268 g/mol. The fourth-order valence-electron chi connectivity index (χ4n) is 1.18. The molecule has 1 unspecified atom stereocenters. The molecule has 0 aliphatic heterocycles. The summed E-state index contributed by atoms with van der Waals surface area (Å²) in [6.45, 7) is 1.97. The highest BCUT2D eigenvalue weighted by Crippen LogP contribution is 2.18. The van der Waals surface area contributed by atoms with E-state index >= 15 is 0 Å². The summed E-state index contributed by atoms with van der Waals surface area (Å²) in [5, 5.41) is -0.0864. The van der Waals surface area contributed by atoms with Crippen LogP contribution in [0.15, 0.2) is 11.4 Å². The first-order chi connectivity index (χ1) is 7.38. The predicted molar refractivity (Wildman–Crippen MR) is 59.9 cm³/mol. The van der Waals surface area contributed by atoms with Gasteiger partial charge in [-0.1, -0.05) is 11.6 Å². The first kappa shape index (κ1) is 13.4. The molecule has 0 aliphatic rings. The maximum absolute atomic E-state index is 11.8. The number of ether oxygens (including phenoxy) is 1. The Morgan fingerprint density at radius 3 is 2.75 bits per heavy atom. The largest absolute Gasteiger partial charge is 0.383 e. The molecule has 0 aliphatic carbocycles. The first-order valence-electron chi connectivity index (χ1n) is 4.56. The monoisotopic (exact) mass is 267 g/mol. The zero-order chi connectivity index (χ0) is 12.3. The number of rotatable bonds is 5. The van der Waals surface area contributed by atoms with Gasteiger partial charge in [0.05, 0.1) is 12.9 Å². The SMILES string of the molecule is COCC(C)NS(=O)(=O)c1ncn(C)c1Cl. The molecule has 0 saturated heterocycles. The van der Waals surface area contributed by atoms with Gasteiger partial charge in [0.2, 0.25) is 5.03 Å². The van der Waals surface area contributed by atoms with E-state index in [4.69, 9.17) is 16.3 Å². The maximum Gasteiger partial charge on any atom is 0.261 e. The first-order valence-corrected chi connectivity index (χ1v) is 6.42. The number of aryl methyl sites for hydroxylation is 1. The topological polar surface area (TPSA) is 73.2 Å². The fraction of sp³-hybridized carbons (Fsp3) is 0.625. The summed E-state index contributed by atoms with van der Waals surface area (Å²) < 4.78 is 32.3. The van der Waals surface area contributed by atoms with Gasteiger partial charge in [0, 0.05) is 20.2 Å². The Bertz CT molecular complexity index is 457. The van der Waals surface area contributed by atoms with Crippen molar-refractivity contribution in [1.29, 1.82) is 0 Å². The lowest BCUT2D eigenvalue weighted by molar-refractivity contribution is 0.180. The van der Waals surface area contributed by atoms with E-state index in [0.29, 0.717) is 0 Å². The minimum absolute atomic E-state index is 0.0807. The van der Waals surface area contributed by atoms with Crippen molar-refractivity contribution < 1.29 is 13.2 Å². The van der Waals surface area contributed by atoms with Crippen molar-refractivity contribution in [3.63, 3.8) is 0 Å². The molecule has 16 heavy (non-hydrogen) atoms. The lowest BCUT2D eigenvalue weighted by atomic mass is 10.4. The fourth-order valence-corrected chi connectivity index (χ4v) is 2.84. The van der Waals surface area contributed by atoms with Crippen molar-refractivity contribution in [2.45, 2.75) is 18.0 Å².